The molecule has 1 atom stereocenters. The molecule has 1 aliphatic rings. The highest BCUT2D eigenvalue weighted by Crippen LogP contribution is 2.31. The van der Waals surface area contributed by atoms with Crippen molar-refractivity contribution in [3.63, 3.8) is 0 Å². The normalized spacial score (nSPS) is 19.1. The molecule has 0 spiro atoms. The van der Waals surface area contributed by atoms with Crippen molar-refractivity contribution in [3.8, 4) is 0 Å². The fraction of sp³-hybridized carbons (Fsp3) is 0.692. The SMILES string of the molecule is CCNc1cc(N2CCC(CCO)C2)nc(C(F)(F)F)n1. The molecule has 1 fully saturated rings. The van der Waals surface area contributed by atoms with Gasteiger partial charge in [-0.25, -0.2) is 9.97 Å². The van der Waals surface area contributed by atoms with Gasteiger partial charge in [-0.05, 0) is 25.7 Å². The van der Waals surface area contributed by atoms with E-state index in [1.807, 2.05) is 4.90 Å². The van der Waals surface area contributed by atoms with Crippen LogP contribution >= 0.6 is 0 Å². The van der Waals surface area contributed by atoms with Gasteiger partial charge in [0.25, 0.3) is 0 Å². The Morgan fingerprint density at radius 2 is 2.19 bits per heavy atom. The molecule has 0 amide bonds. The number of aliphatic hydroxyl groups excluding tert-OH is 1. The summed E-state index contributed by atoms with van der Waals surface area (Å²) in [7, 11) is 0. The fourth-order valence-electron chi connectivity index (χ4n) is 2.45. The molecule has 0 radical (unpaired) electrons. The number of rotatable bonds is 5. The van der Waals surface area contributed by atoms with Crippen LogP contribution in [-0.2, 0) is 6.18 Å². The molecule has 0 saturated carbocycles. The summed E-state index contributed by atoms with van der Waals surface area (Å²) in [6, 6.07) is 1.54. The molecule has 21 heavy (non-hydrogen) atoms. The molecule has 1 aliphatic heterocycles. The zero-order valence-corrected chi connectivity index (χ0v) is 11.8. The third-order valence-electron chi connectivity index (χ3n) is 3.47. The second kappa shape index (κ2) is 6.46. The zero-order valence-electron chi connectivity index (χ0n) is 11.8. The van der Waals surface area contributed by atoms with Gasteiger partial charge in [0.15, 0.2) is 0 Å². The van der Waals surface area contributed by atoms with E-state index in [1.54, 1.807) is 13.0 Å². The molecule has 1 aromatic rings. The van der Waals surface area contributed by atoms with E-state index in [4.69, 9.17) is 5.11 Å². The summed E-state index contributed by atoms with van der Waals surface area (Å²) >= 11 is 0. The predicted molar refractivity (Wildman–Crippen MR) is 73.2 cm³/mol. The minimum atomic E-state index is -4.57. The van der Waals surface area contributed by atoms with E-state index >= 15 is 0 Å². The van der Waals surface area contributed by atoms with Crippen molar-refractivity contribution >= 4 is 11.6 Å². The van der Waals surface area contributed by atoms with Gasteiger partial charge in [-0.3, -0.25) is 0 Å². The minimum absolute atomic E-state index is 0.0960. The second-order valence-corrected chi connectivity index (χ2v) is 5.08. The Hall–Kier alpha value is -1.57. The fourth-order valence-corrected chi connectivity index (χ4v) is 2.45. The molecule has 2 heterocycles. The number of anilines is 2. The maximum absolute atomic E-state index is 12.9. The van der Waals surface area contributed by atoms with Gasteiger partial charge in [-0.15, -0.1) is 0 Å². The van der Waals surface area contributed by atoms with Crippen LogP contribution in [0.5, 0.6) is 0 Å². The van der Waals surface area contributed by atoms with Crippen molar-refractivity contribution in [3.05, 3.63) is 11.9 Å². The average Bonchev–Trinajstić information content (AvgIpc) is 2.87. The number of nitrogens with zero attached hydrogens (tertiary/aromatic N) is 3. The summed E-state index contributed by atoms with van der Waals surface area (Å²) in [4.78, 5) is 8.98. The summed E-state index contributed by atoms with van der Waals surface area (Å²) < 4.78 is 38.6. The van der Waals surface area contributed by atoms with Crippen LogP contribution in [0.25, 0.3) is 0 Å². The van der Waals surface area contributed by atoms with Crippen LogP contribution in [0.3, 0.4) is 0 Å². The predicted octanol–water partition coefficient (Wildman–Crippen LogP) is 2.14. The molecule has 1 aromatic heterocycles. The van der Waals surface area contributed by atoms with Gasteiger partial charge in [-0.2, -0.15) is 13.2 Å². The maximum Gasteiger partial charge on any atom is 0.451 e. The Bertz CT molecular complexity index is 481. The molecule has 1 saturated heterocycles. The smallest absolute Gasteiger partial charge is 0.396 e. The molecule has 118 valence electrons. The quantitative estimate of drug-likeness (QED) is 0.872. The maximum atomic E-state index is 12.9. The van der Waals surface area contributed by atoms with Crippen LogP contribution in [0.1, 0.15) is 25.6 Å². The Kier molecular flexibility index (Phi) is 4.87. The molecule has 1 unspecified atom stereocenters. The Labute approximate surface area is 121 Å². The van der Waals surface area contributed by atoms with Gasteiger partial charge in [0, 0.05) is 32.3 Å². The standard InChI is InChI=1S/C13H19F3N4O/c1-2-17-10-7-11(19-12(18-10)13(14,15)16)20-5-3-9(8-20)4-6-21/h7,9,21H,2-6,8H2,1H3,(H,17,18,19). The highest BCUT2D eigenvalue weighted by Gasteiger charge is 2.36. The van der Waals surface area contributed by atoms with Crippen molar-refractivity contribution in [2.75, 3.05) is 36.5 Å². The highest BCUT2D eigenvalue weighted by molar-refractivity contribution is 5.50. The Morgan fingerprint density at radius 1 is 1.43 bits per heavy atom. The molecule has 2 N–H and O–H groups in total. The van der Waals surface area contributed by atoms with E-state index in [0.29, 0.717) is 32.0 Å². The number of alkyl halides is 3. The molecule has 0 aromatic carbocycles. The largest absolute Gasteiger partial charge is 0.451 e. The van der Waals surface area contributed by atoms with Crippen LogP contribution in [0.2, 0.25) is 0 Å². The van der Waals surface area contributed by atoms with E-state index in [-0.39, 0.29) is 18.2 Å². The lowest BCUT2D eigenvalue weighted by atomic mass is 10.1. The van der Waals surface area contributed by atoms with E-state index in [2.05, 4.69) is 15.3 Å². The first kappa shape index (κ1) is 15.8. The number of halogens is 3. The van der Waals surface area contributed by atoms with Gasteiger partial charge in [-0.1, -0.05) is 0 Å². The molecular weight excluding hydrogens is 285 g/mol. The summed E-state index contributed by atoms with van der Waals surface area (Å²) in [6.07, 6.45) is -3.05. The van der Waals surface area contributed by atoms with Gasteiger partial charge < -0.3 is 15.3 Å². The minimum Gasteiger partial charge on any atom is -0.396 e. The molecule has 0 aliphatic carbocycles. The van der Waals surface area contributed by atoms with E-state index in [1.165, 1.54) is 0 Å². The van der Waals surface area contributed by atoms with Crippen LogP contribution in [-0.4, -0.2) is 41.3 Å². The van der Waals surface area contributed by atoms with Gasteiger partial charge >= 0.3 is 6.18 Å². The summed E-state index contributed by atoms with van der Waals surface area (Å²) in [5.41, 5.74) is 0. The summed E-state index contributed by atoms with van der Waals surface area (Å²) in [6.45, 7) is 3.63. The third kappa shape index (κ3) is 3.96. The first-order valence-corrected chi connectivity index (χ1v) is 7.00. The van der Waals surface area contributed by atoms with Crippen molar-refractivity contribution in [1.29, 1.82) is 0 Å². The molecular formula is C13H19F3N4O. The number of hydrogen-bond acceptors (Lipinski definition) is 5. The van der Waals surface area contributed by atoms with Gasteiger partial charge in [0.05, 0.1) is 0 Å². The van der Waals surface area contributed by atoms with Crippen molar-refractivity contribution in [2.45, 2.75) is 25.9 Å². The lowest BCUT2D eigenvalue weighted by Crippen LogP contribution is -2.24. The number of aromatic nitrogens is 2. The van der Waals surface area contributed by atoms with Crippen LogP contribution in [0.15, 0.2) is 6.07 Å². The number of hydrogen-bond donors (Lipinski definition) is 2. The number of aliphatic hydroxyl groups is 1. The Balaban J connectivity index is 2.24. The average molecular weight is 304 g/mol. The van der Waals surface area contributed by atoms with Crippen LogP contribution in [0, 0.1) is 5.92 Å². The van der Waals surface area contributed by atoms with Crippen LogP contribution in [0.4, 0.5) is 24.8 Å². The highest BCUT2D eigenvalue weighted by atomic mass is 19.4. The first-order chi connectivity index (χ1) is 9.94. The van der Waals surface area contributed by atoms with Crippen molar-refractivity contribution < 1.29 is 18.3 Å². The summed E-state index contributed by atoms with van der Waals surface area (Å²) in [5.74, 6) is -0.363. The van der Waals surface area contributed by atoms with E-state index in [9.17, 15) is 13.2 Å². The molecule has 2 rings (SSSR count). The lowest BCUT2D eigenvalue weighted by Gasteiger charge is -2.19. The Morgan fingerprint density at radius 3 is 2.81 bits per heavy atom. The van der Waals surface area contributed by atoms with Crippen molar-refractivity contribution in [2.24, 2.45) is 5.92 Å². The lowest BCUT2D eigenvalue weighted by molar-refractivity contribution is -0.144. The topological polar surface area (TPSA) is 61.3 Å². The molecule has 5 nitrogen and oxygen atoms in total. The monoisotopic (exact) mass is 304 g/mol. The second-order valence-electron chi connectivity index (χ2n) is 5.08. The van der Waals surface area contributed by atoms with Crippen molar-refractivity contribution in [1.82, 2.24) is 9.97 Å². The first-order valence-electron chi connectivity index (χ1n) is 7.00. The van der Waals surface area contributed by atoms with Crippen LogP contribution < -0.4 is 10.2 Å². The van der Waals surface area contributed by atoms with Gasteiger partial charge in [0.2, 0.25) is 5.82 Å². The van der Waals surface area contributed by atoms with Gasteiger partial charge in [0.1, 0.15) is 11.6 Å². The zero-order chi connectivity index (χ0) is 15.5. The summed E-state index contributed by atoms with van der Waals surface area (Å²) in [5, 5.41) is 11.7. The third-order valence-corrected chi connectivity index (χ3v) is 3.47. The van der Waals surface area contributed by atoms with E-state index in [0.717, 1.165) is 6.42 Å². The molecule has 0 bridgehead atoms. The van der Waals surface area contributed by atoms with E-state index < -0.39 is 12.0 Å². The number of nitrogens with one attached hydrogen (secondary N) is 1. The molecule has 8 heteroatoms.